The number of nitrogens with one attached hydrogen (secondary N) is 2. The number of thiophene rings is 1. The van der Waals surface area contributed by atoms with Crippen LogP contribution in [0.3, 0.4) is 0 Å². The van der Waals surface area contributed by atoms with Gasteiger partial charge in [0.2, 0.25) is 10.0 Å². The number of nitrogens with two attached hydrogens (primary N) is 1. The van der Waals surface area contributed by atoms with Crippen LogP contribution in [0, 0.1) is 0 Å². The highest BCUT2D eigenvalue weighted by Crippen LogP contribution is 2.19. The number of imide groups is 1. The van der Waals surface area contributed by atoms with Crippen LogP contribution in [-0.4, -0.2) is 39.5 Å². The first-order chi connectivity index (χ1) is 10.7. The molecule has 0 fully saturated rings. The Bertz CT molecular complexity index is 683. The van der Waals surface area contributed by atoms with Crippen LogP contribution in [0.25, 0.3) is 0 Å². The van der Waals surface area contributed by atoms with E-state index < -0.39 is 34.5 Å². The first-order valence-corrected chi connectivity index (χ1v) is 9.02. The number of amides is 3. The van der Waals surface area contributed by atoms with Crippen molar-refractivity contribution in [2.24, 2.45) is 5.14 Å². The molecule has 9 nitrogen and oxygen atoms in total. The molecular weight excluding hydrogens is 346 g/mol. The molecule has 0 atom stereocenters. The summed E-state index contributed by atoms with van der Waals surface area (Å²) in [5.74, 6) is -1.69. The van der Waals surface area contributed by atoms with Crippen LogP contribution in [0.4, 0.5) is 4.79 Å². The van der Waals surface area contributed by atoms with Crippen molar-refractivity contribution in [2.75, 3.05) is 13.2 Å². The topological polar surface area (TPSA) is 145 Å². The number of ether oxygens (including phenoxy) is 1. The van der Waals surface area contributed by atoms with E-state index in [9.17, 15) is 22.8 Å². The van der Waals surface area contributed by atoms with Crippen molar-refractivity contribution < 1.29 is 27.5 Å². The largest absolute Gasteiger partial charge is 0.452 e. The highest BCUT2D eigenvalue weighted by molar-refractivity contribution is 7.91. The average Bonchev–Trinajstić information content (AvgIpc) is 2.95. The van der Waals surface area contributed by atoms with Gasteiger partial charge in [-0.15, -0.1) is 11.3 Å². The second-order valence-corrected chi connectivity index (χ2v) is 7.13. The molecule has 3 amide bonds. The molecule has 0 saturated heterocycles. The maximum atomic E-state index is 11.7. The summed E-state index contributed by atoms with van der Waals surface area (Å²) in [4.78, 5) is 34.4. The van der Waals surface area contributed by atoms with Crippen LogP contribution in [-0.2, 0) is 19.6 Å². The Labute approximate surface area is 137 Å². The fourth-order valence-electron chi connectivity index (χ4n) is 1.37. The summed E-state index contributed by atoms with van der Waals surface area (Å²) in [5.41, 5.74) is -0.0424. The lowest BCUT2D eigenvalue weighted by Gasteiger charge is -2.06. The van der Waals surface area contributed by atoms with E-state index >= 15 is 0 Å². The van der Waals surface area contributed by atoms with Crippen molar-refractivity contribution in [2.45, 2.75) is 24.0 Å². The first-order valence-electron chi connectivity index (χ1n) is 6.60. The number of carbonyl (C=O) groups excluding carboxylic acids is 3. The summed E-state index contributed by atoms with van der Waals surface area (Å²) < 4.78 is 26.7. The lowest BCUT2D eigenvalue weighted by atomic mass is 10.3. The zero-order chi connectivity index (χ0) is 17.5. The van der Waals surface area contributed by atoms with Crippen molar-refractivity contribution in [1.29, 1.82) is 0 Å². The molecule has 0 spiro atoms. The highest BCUT2D eigenvalue weighted by atomic mass is 32.2. The molecule has 4 N–H and O–H groups in total. The number of urea groups is 1. The number of esters is 1. The lowest BCUT2D eigenvalue weighted by molar-refractivity contribution is -0.123. The third kappa shape index (κ3) is 6.76. The predicted octanol–water partition coefficient (Wildman–Crippen LogP) is 0.178. The van der Waals surface area contributed by atoms with E-state index in [1.54, 1.807) is 0 Å². The zero-order valence-electron chi connectivity index (χ0n) is 12.3. The number of hydrogen-bond acceptors (Lipinski definition) is 7. The molecule has 0 aliphatic heterocycles. The highest BCUT2D eigenvalue weighted by Gasteiger charge is 2.17. The van der Waals surface area contributed by atoms with Gasteiger partial charge in [0.05, 0.1) is 5.56 Å². The van der Waals surface area contributed by atoms with Gasteiger partial charge >= 0.3 is 12.0 Å². The molecule has 1 aromatic heterocycles. The number of hydrogen-bond donors (Lipinski definition) is 3. The van der Waals surface area contributed by atoms with Gasteiger partial charge in [0.1, 0.15) is 4.21 Å². The summed E-state index contributed by atoms with van der Waals surface area (Å²) in [6.07, 6.45) is 1.67. The van der Waals surface area contributed by atoms with E-state index in [1.807, 2.05) is 12.2 Å². The van der Waals surface area contributed by atoms with Crippen LogP contribution >= 0.6 is 11.3 Å². The molecule has 0 radical (unpaired) electrons. The van der Waals surface area contributed by atoms with E-state index in [1.165, 1.54) is 5.38 Å². The number of primary sulfonamides is 1. The van der Waals surface area contributed by atoms with E-state index in [-0.39, 0.29) is 9.77 Å². The summed E-state index contributed by atoms with van der Waals surface area (Å²) >= 11 is 0.762. The van der Waals surface area contributed by atoms with Crippen LogP contribution in [0.15, 0.2) is 15.7 Å². The second-order valence-electron chi connectivity index (χ2n) is 4.43. The minimum Gasteiger partial charge on any atom is -0.452 e. The summed E-state index contributed by atoms with van der Waals surface area (Å²) in [6.45, 7) is 1.72. The molecule has 1 aromatic rings. The van der Waals surface area contributed by atoms with Gasteiger partial charge in [0.25, 0.3) is 5.91 Å². The Morgan fingerprint density at radius 2 is 2.04 bits per heavy atom. The summed E-state index contributed by atoms with van der Waals surface area (Å²) in [6, 6.07) is 0.379. The van der Waals surface area contributed by atoms with Gasteiger partial charge in [-0.05, 0) is 12.5 Å². The van der Waals surface area contributed by atoms with Gasteiger partial charge in [-0.1, -0.05) is 13.3 Å². The smallest absolute Gasteiger partial charge is 0.339 e. The molecule has 128 valence electrons. The molecule has 1 rings (SSSR count). The second kappa shape index (κ2) is 8.60. The molecule has 11 heteroatoms. The number of rotatable bonds is 7. The number of carbonyl (C=O) groups is 3. The number of unbranched alkanes of at least 4 members (excludes halogenated alkanes) is 1. The minimum absolute atomic E-state index is 0.0424. The van der Waals surface area contributed by atoms with Gasteiger partial charge < -0.3 is 10.1 Å². The summed E-state index contributed by atoms with van der Waals surface area (Å²) in [5, 5.41) is 10.6. The van der Waals surface area contributed by atoms with Crippen LogP contribution in [0.1, 0.15) is 30.1 Å². The Balaban J connectivity index is 2.42. The minimum atomic E-state index is -3.90. The van der Waals surface area contributed by atoms with Gasteiger partial charge in [-0.25, -0.2) is 23.1 Å². The molecular formula is C12H17N3O6S2. The molecule has 23 heavy (non-hydrogen) atoms. The standard InChI is InChI=1S/C12H17N3O6S2/c1-2-3-4-14-12(18)15-9(16)6-21-11(17)8-5-10(22-7-8)23(13,19)20/h5,7H,2-4,6H2,1H3,(H2,13,19,20)(H2,14,15,16,18). The van der Waals surface area contributed by atoms with E-state index in [2.05, 4.69) is 10.1 Å². The van der Waals surface area contributed by atoms with Crippen LogP contribution < -0.4 is 15.8 Å². The van der Waals surface area contributed by atoms with Gasteiger partial charge in [-0.3, -0.25) is 10.1 Å². The molecule has 0 aromatic carbocycles. The first kappa shape index (κ1) is 19.1. The Hall–Kier alpha value is -1.98. The third-order valence-electron chi connectivity index (χ3n) is 2.49. The van der Waals surface area contributed by atoms with Gasteiger partial charge in [-0.2, -0.15) is 0 Å². The lowest BCUT2D eigenvalue weighted by Crippen LogP contribution is -2.41. The van der Waals surface area contributed by atoms with E-state index in [0.717, 1.165) is 30.2 Å². The van der Waals surface area contributed by atoms with Crippen LogP contribution in [0.5, 0.6) is 0 Å². The fourth-order valence-corrected chi connectivity index (χ4v) is 2.95. The van der Waals surface area contributed by atoms with Crippen molar-refractivity contribution >= 4 is 39.3 Å². The molecule has 0 saturated carbocycles. The summed E-state index contributed by atoms with van der Waals surface area (Å²) in [7, 11) is -3.90. The maximum Gasteiger partial charge on any atom is 0.339 e. The maximum absolute atomic E-state index is 11.7. The SMILES string of the molecule is CCCCNC(=O)NC(=O)COC(=O)c1csc(S(N)(=O)=O)c1. The van der Waals surface area contributed by atoms with Crippen molar-refractivity contribution in [3.05, 3.63) is 17.0 Å². The van der Waals surface area contributed by atoms with E-state index in [0.29, 0.717) is 6.54 Å². The van der Waals surface area contributed by atoms with Gasteiger partial charge in [0, 0.05) is 11.9 Å². The quantitative estimate of drug-likeness (QED) is 0.465. The van der Waals surface area contributed by atoms with Crippen molar-refractivity contribution in [3.63, 3.8) is 0 Å². The van der Waals surface area contributed by atoms with Crippen molar-refractivity contribution in [3.8, 4) is 0 Å². The molecule has 0 aliphatic rings. The molecule has 0 bridgehead atoms. The molecule has 1 heterocycles. The normalized spacial score (nSPS) is 10.9. The van der Waals surface area contributed by atoms with Crippen LogP contribution in [0.2, 0.25) is 0 Å². The Kier molecular flexibility index (Phi) is 7.13. The Morgan fingerprint density at radius 3 is 2.61 bits per heavy atom. The van der Waals surface area contributed by atoms with E-state index in [4.69, 9.17) is 5.14 Å². The molecule has 0 unspecified atom stereocenters. The zero-order valence-corrected chi connectivity index (χ0v) is 14.0. The third-order valence-corrected chi connectivity index (χ3v) is 4.88. The number of sulfonamides is 1. The average molecular weight is 363 g/mol. The Morgan fingerprint density at radius 1 is 1.35 bits per heavy atom. The fraction of sp³-hybridized carbons (Fsp3) is 0.417. The van der Waals surface area contributed by atoms with Gasteiger partial charge in [0.15, 0.2) is 6.61 Å². The predicted molar refractivity (Wildman–Crippen MR) is 82.4 cm³/mol. The molecule has 0 aliphatic carbocycles. The van der Waals surface area contributed by atoms with Crippen molar-refractivity contribution in [1.82, 2.24) is 10.6 Å². The monoisotopic (exact) mass is 363 g/mol.